The van der Waals surface area contributed by atoms with E-state index in [1.165, 1.54) is 0 Å². The molecule has 1 aliphatic rings. The predicted octanol–water partition coefficient (Wildman–Crippen LogP) is 3.66. The second-order valence-electron chi connectivity index (χ2n) is 7.44. The van der Waals surface area contributed by atoms with Crippen molar-refractivity contribution in [3.8, 4) is 0 Å². The zero-order valence-corrected chi connectivity index (χ0v) is 18.2. The molecule has 194 valence electrons. The number of aromatic nitrogens is 2. The quantitative estimate of drug-likeness (QED) is 0.445. The number of amides is 1. The van der Waals surface area contributed by atoms with Crippen LogP contribution in [0, 0.1) is 12.8 Å². The number of anilines is 1. The molecule has 0 unspecified atom stereocenters. The average Bonchev–Trinajstić information content (AvgIpc) is 2.73. The Morgan fingerprint density at radius 2 is 1.54 bits per heavy atom. The van der Waals surface area contributed by atoms with Crippen LogP contribution in [0.4, 0.5) is 32.0 Å². The SMILES string of the molecule is Cc1cc2c(NC(=O)[C@@H]3CCC[C@@H](N)C3)cccc2nn1.O=C(O)C(F)(F)F.O=C(O)C(F)(F)F. The van der Waals surface area contributed by atoms with Crippen LogP contribution in [0.3, 0.4) is 0 Å². The van der Waals surface area contributed by atoms with Gasteiger partial charge in [0.25, 0.3) is 0 Å². The number of carbonyl (C=O) groups excluding carboxylic acids is 1. The first-order valence-electron chi connectivity index (χ1n) is 9.92. The minimum absolute atomic E-state index is 0.0138. The van der Waals surface area contributed by atoms with Crippen molar-refractivity contribution in [3.63, 3.8) is 0 Å². The Hall–Kier alpha value is -3.49. The van der Waals surface area contributed by atoms with E-state index >= 15 is 0 Å². The molecule has 2 atom stereocenters. The molecule has 1 amide bonds. The normalized spacial score (nSPS) is 17.8. The summed E-state index contributed by atoms with van der Waals surface area (Å²) in [5.41, 5.74) is 8.40. The van der Waals surface area contributed by atoms with Crippen LogP contribution in [-0.2, 0) is 14.4 Å². The monoisotopic (exact) mass is 512 g/mol. The van der Waals surface area contributed by atoms with Crippen LogP contribution >= 0.6 is 0 Å². The molecule has 0 saturated heterocycles. The topological polar surface area (TPSA) is 156 Å². The first-order valence-corrected chi connectivity index (χ1v) is 9.92. The van der Waals surface area contributed by atoms with Crippen LogP contribution in [0.15, 0.2) is 24.3 Å². The van der Waals surface area contributed by atoms with Gasteiger partial charge in [0.15, 0.2) is 0 Å². The maximum atomic E-state index is 12.4. The highest BCUT2D eigenvalue weighted by Crippen LogP contribution is 2.27. The lowest BCUT2D eigenvalue weighted by atomic mass is 9.85. The Labute approximate surface area is 194 Å². The number of carboxylic acid groups (broad SMARTS) is 2. The van der Waals surface area contributed by atoms with Gasteiger partial charge in [-0.2, -0.15) is 36.5 Å². The Morgan fingerprint density at radius 3 is 2.03 bits per heavy atom. The number of carbonyl (C=O) groups is 3. The number of nitrogens with one attached hydrogen (secondary N) is 1. The summed E-state index contributed by atoms with van der Waals surface area (Å²) in [4.78, 5) is 30.2. The van der Waals surface area contributed by atoms with Gasteiger partial charge >= 0.3 is 24.3 Å². The van der Waals surface area contributed by atoms with Crippen LogP contribution in [0.2, 0.25) is 0 Å². The van der Waals surface area contributed by atoms with Crippen LogP contribution in [0.25, 0.3) is 10.9 Å². The standard InChI is InChI=1S/C16H20N4O.2C2HF3O2/c1-10-8-13-14(6-3-7-15(13)20-19-10)18-16(21)11-4-2-5-12(17)9-11;2*3-2(4,5)1(6)7/h3,6-8,11-12H,2,4-5,9,17H2,1H3,(H,18,21);2*(H,6,7)/t11-,12-;;/m1../s1. The van der Waals surface area contributed by atoms with E-state index in [-0.39, 0.29) is 17.9 Å². The van der Waals surface area contributed by atoms with E-state index in [1.54, 1.807) is 0 Å². The number of hydrogen-bond acceptors (Lipinski definition) is 6. The van der Waals surface area contributed by atoms with Crippen molar-refractivity contribution in [2.45, 2.75) is 51.0 Å². The number of nitrogens with zero attached hydrogens (tertiary/aromatic N) is 2. The van der Waals surface area contributed by atoms with Crippen LogP contribution in [-0.4, -0.2) is 56.7 Å². The molecule has 9 nitrogen and oxygen atoms in total. The van der Waals surface area contributed by atoms with Crippen molar-refractivity contribution >= 4 is 34.4 Å². The first kappa shape index (κ1) is 29.5. The highest BCUT2D eigenvalue weighted by molar-refractivity contribution is 6.01. The maximum absolute atomic E-state index is 12.4. The lowest BCUT2D eigenvalue weighted by Crippen LogP contribution is -2.34. The summed E-state index contributed by atoms with van der Waals surface area (Å²) in [7, 11) is 0. The van der Waals surface area contributed by atoms with Crippen molar-refractivity contribution in [2.24, 2.45) is 11.7 Å². The Bertz CT molecular complexity index is 1020. The van der Waals surface area contributed by atoms with Crippen LogP contribution in [0.5, 0.6) is 0 Å². The van der Waals surface area contributed by atoms with Gasteiger partial charge in [0, 0.05) is 17.3 Å². The smallest absolute Gasteiger partial charge is 0.475 e. The zero-order chi connectivity index (χ0) is 27.0. The molecule has 1 aromatic heterocycles. The van der Waals surface area contributed by atoms with E-state index in [0.29, 0.717) is 0 Å². The van der Waals surface area contributed by atoms with Gasteiger partial charge in [-0.15, -0.1) is 0 Å². The number of nitrogens with two attached hydrogens (primary N) is 1. The van der Waals surface area contributed by atoms with Crippen molar-refractivity contribution in [3.05, 3.63) is 30.0 Å². The van der Waals surface area contributed by atoms with E-state index < -0.39 is 24.3 Å². The number of aryl methyl sites for hydroxylation is 1. The summed E-state index contributed by atoms with van der Waals surface area (Å²) in [5.74, 6) is -5.44. The summed E-state index contributed by atoms with van der Waals surface area (Å²) in [6.07, 6.45) is -6.43. The number of carboxylic acids is 2. The summed E-state index contributed by atoms with van der Waals surface area (Å²) < 4.78 is 63.5. The van der Waals surface area contributed by atoms with Crippen molar-refractivity contribution in [1.29, 1.82) is 0 Å². The Balaban J connectivity index is 0.000000362. The summed E-state index contributed by atoms with van der Waals surface area (Å²) >= 11 is 0. The highest BCUT2D eigenvalue weighted by Gasteiger charge is 2.38. The fraction of sp³-hybridized carbons (Fsp3) is 0.450. The molecule has 35 heavy (non-hydrogen) atoms. The van der Waals surface area contributed by atoms with Gasteiger partial charge in [-0.1, -0.05) is 12.5 Å². The van der Waals surface area contributed by atoms with E-state index in [0.717, 1.165) is 48.0 Å². The number of benzene rings is 1. The van der Waals surface area contributed by atoms with Gasteiger partial charge in [0.2, 0.25) is 5.91 Å². The Kier molecular flexibility index (Phi) is 10.4. The lowest BCUT2D eigenvalue weighted by Gasteiger charge is -2.25. The maximum Gasteiger partial charge on any atom is 0.490 e. The van der Waals surface area contributed by atoms with Crippen LogP contribution in [0.1, 0.15) is 31.4 Å². The van der Waals surface area contributed by atoms with E-state index in [2.05, 4.69) is 15.5 Å². The Morgan fingerprint density at radius 1 is 1.00 bits per heavy atom. The third-order valence-corrected chi connectivity index (χ3v) is 4.58. The molecule has 5 N–H and O–H groups in total. The third kappa shape index (κ3) is 10.1. The number of fused-ring (bicyclic) bond motifs is 1. The number of aliphatic carboxylic acids is 2. The number of rotatable bonds is 2. The van der Waals surface area contributed by atoms with Crippen molar-refractivity contribution in [1.82, 2.24) is 10.2 Å². The van der Waals surface area contributed by atoms with Gasteiger partial charge in [-0.25, -0.2) is 9.59 Å². The van der Waals surface area contributed by atoms with Gasteiger partial charge in [-0.05, 0) is 44.4 Å². The fourth-order valence-corrected chi connectivity index (χ4v) is 2.97. The second-order valence-corrected chi connectivity index (χ2v) is 7.44. The van der Waals surface area contributed by atoms with E-state index in [1.807, 2.05) is 31.2 Å². The molecule has 1 heterocycles. The summed E-state index contributed by atoms with van der Waals surface area (Å²) in [5, 5.41) is 26.4. The molecule has 0 bridgehead atoms. The molecular weight excluding hydrogens is 490 g/mol. The van der Waals surface area contributed by atoms with E-state index in [4.69, 9.17) is 25.5 Å². The average molecular weight is 512 g/mol. The fourth-order valence-electron chi connectivity index (χ4n) is 2.97. The molecule has 0 radical (unpaired) electrons. The molecule has 15 heteroatoms. The van der Waals surface area contributed by atoms with E-state index in [9.17, 15) is 31.1 Å². The third-order valence-electron chi connectivity index (χ3n) is 4.58. The van der Waals surface area contributed by atoms with Crippen LogP contribution < -0.4 is 11.1 Å². The molecule has 2 aromatic rings. The molecule has 1 aliphatic carbocycles. The molecule has 0 spiro atoms. The summed E-state index contributed by atoms with van der Waals surface area (Å²) in [6, 6.07) is 7.78. The zero-order valence-electron chi connectivity index (χ0n) is 18.2. The second kappa shape index (κ2) is 12.3. The van der Waals surface area contributed by atoms with Gasteiger partial charge in [0.05, 0.1) is 16.9 Å². The molecule has 1 aromatic carbocycles. The molecule has 3 rings (SSSR count). The highest BCUT2D eigenvalue weighted by atomic mass is 19.4. The lowest BCUT2D eigenvalue weighted by molar-refractivity contribution is -0.193. The largest absolute Gasteiger partial charge is 0.490 e. The van der Waals surface area contributed by atoms with Gasteiger partial charge < -0.3 is 21.3 Å². The minimum Gasteiger partial charge on any atom is -0.475 e. The molecule has 1 saturated carbocycles. The summed E-state index contributed by atoms with van der Waals surface area (Å²) in [6.45, 7) is 1.89. The number of halogens is 6. The minimum atomic E-state index is -5.08. The first-order chi connectivity index (χ1) is 16.0. The van der Waals surface area contributed by atoms with Gasteiger partial charge in [-0.3, -0.25) is 4.79 Å². The molecular formula is C20H22F6N4O5. The molecule has 0 aliphatic heterocycles. The number of hydrogen-bond donors (Lipinski definition) is 4. The number of alkyl halides is 6. The van der Waals surface area contributed by atoms with Crippen molar-refractivity contribution < 1.29 is 50.9 Å². The van der Waals surface area contributed by atoms with Crippen molar-refractivity contribution in [2.75, 3.05) is 5.32 Å². The predicted molar refractivity (Wildman–Crippen MR) is 110 cm³/mol. The molecule has 1 fully saturated rings. The van der Waals surface area contributed by atoms with Gasteiger partial charge in [0.1, 0.15) is 0 Å².